The monoisotopic (exact) mass is 248 g/mol. The Bertz CT molecular complexity index is 564. The number of hydrogen-bond donors (Lipinski definition) is 2. The number of nitrogen functional groups attached to an aromatic ring is 1. The molecule has 1 saturated heterocycles. The Balaban J connectivity index is 2.14. The lowest BCUT2D eigenvalue weighted by Gasteiger charge is -2.09. The highest BCUT2D eigenvalue weighted by atomic mass is 35.5. The molecule has 1 aromatic carbocycles. The van der Waals surface area contributed by atoms with Gasteiger partial charge in [-0.1, -0.05) is 11.6 Å². The molecule has 88 valence electrons. The first-order chi connectivity index (χ1) is 8.24. The second kappa shape index (κ2) is 4.13. The number of nitrogens with one attached hydrogen (secondary N) is 1. The number of halogens is 1. The van der Waals surface area contributed by atoms with Crippen LogP contribution in [0.15, 0.2) is 18.2 Å². The minimum Gasteiger partial charge on any atom is -0.383 e. The summed E-state index contributed by atoms with van der Waals surface area (Å²) in [6.07, 6.45) is 1.06. The SMILES string of the molecule is Nc1nc(C2CCNC2)nc2cc(Cl)ccc12. The smallest absolute Gasteiger partial charge is 0.135 e. The normalized spacial score (nSPS) is 19.9. The zero-order chi connectivity index (χ0) is 11.8. The van der Waals surface area contributed by atoms with E-state index in [1.54, 1.807) is 6.07 Å². The number of nitrogens with zero attached hydrogens (tertiary/aromatic N) is 2. The standard InChI is InChI=1S/C12H13ClN4/c13-8-1-2-9-10(5-8)16-12(17-11(9)14)7-3-4-15-6-7/h1-2,5,7,15H,3-4,6H2,(H2,14,16,17). The van der Waals surface area contributed by atoms with Crippen molar-refractivity contribution in [3.05, 3.63) is 29.0 Å². The van der Waals surface area contributed by atoms with Gasteiger partial charge in [-0.15, -0.1) is 0 Å². The lowest BCUT2D eigenvalue weighted by molar-refractivity contribution is 0.709. The summed E-state index contributed by atoms with van der Waals surface area (Å²) < 4.78 is 0. The molecule has 2 aromatic rings. The van der Waals surface area contributed by atoms with Crippen molar-refractivity contribution in [3.8, 4) is 0 Å². The van der Waals surface area contributed by atoms with E-state index in [0.29, 0.717) is 16.8 Å². The van der Waals surface area contributed by atoms with Crippen molar-refractivity contribution in [1.29, 1.82) is 0 Å². The molecule has 0 radical (unpaired) electrons. The van der Waals surface area contributed by atoms with Crippen molar-refractivity contribution in [2.45, 2.75) is 12.3 Å². The van der Waals surface area contributed by atoms with E-state index in [-0.39, 0.29) is 0 Å². The van der Waals surface area contributed by atoms with Gasteiger partial charge in [0.25, 0.3) is 0 Å². The predicted octanol–water partition coefficient (Wildman–Crippen LogP) is 1.94. The van der Waals surface area contributed by atoms with E-state index in [2.05, 4.69) is 15.3 Å². The summed E-state index contributed by atoms with van der Waals surface area (Å²) in [7, 11) is 0. The molecule has 0 saturated carbocycles. The van der Waals surface area contributed by atoms with Gasteiger partial charge < -0.3 is 11.1 Å². The Morgan fingerprint density at radius 1 is 1.35 bits per heavy atom. The molecular weight excluding hydrogens is 236 g/mol. The van der Waals surface area contributed by atoms with E-state index < -0.39 is 0 Å². The van der Waals surface area contributed by atoms with Crippen LogP contribution in [0.4, 0.5) is 5.82 Å². The average molecular weight is 249 g/mol. The van der Waals surface area contributed by atoms with Gasteiger partial charge in [0, 0.05) is 22.9 Å². The van der Waals surface area contributed by atoms with Crippen molar-refractivity contribution in [2.75, 3.05) is 18.8 Å². The van der Waals surface area contributed by atoms with Gasteiger partial charge in [0.1, 0.15) is 11.6 Å². The lowest BCUT2D eigenvalue weighted by Crippen LogP contribution is -2.11. The lowest BCUT2D eigenvalue weighted by atomic mass is 10.1. The highest BCUT2D eigenvalue weighted by Gasteiger charge is 2.20. The molecule has 0 amide bonds. The van der Waals surface area contributed by atoms with E-state index in [1.165, 1.54) is 0 Å². The minimum absolute atomic E-state index is 0.362. The summed E-state index contributed by atoms with van der Waals surface area (Å²) in [6, 6.07) is 5.50. The highest BCUT2D eigenvalue weighted by molar-refractivity contribution is 6.31. The number of rotatable bonds is 1. The molecule has 0 spiro atoms. The van der Waals surface area contributed by atoms with Crippen LogP contribution in [0, 0.1) is 0 Å². The van der Waals surface area contributed by atoms with Crippen molar-refractivity contribution in [3.63, 3.8) is 0 Å². The van der Waals surface area contributed by atoms with E-state index in [0.717, 1.165) is 36.2 Å². The zero-order valence-corrected chi connectivity index (χ0v) is 10.0. The van der Waals surface area contributed by atoms with Crippen LogP contribution in [-0.2, 0) is 0 Å². The summed E-state index contributed by atoms with van der Waals surface area (Å²) in [5, 5.41) is 4.84. The van der Waals surface area contributed by atoms with E-state index in [4.69, 9.17) is 17.3 Å². The fourth-order valence-electron chi connectivity index (χ4n) is 2.20. The maximum Gasteiger partial charge on any atom is 0.135 e. The molecule has 3 N–H and O–H groups in total. The summed E-state index contributed by atoms with van der Waals surface area (Å²) >= 11 is 5.97. The molecule has 1 aromatic heterocycles. The number of benzene rings is 1. The molecule has 0 aliphatic carbocycles. The molecule has 1 unspecified atom stereocenters. The first-order valence-corrected chi connectivity index (χ1v) is 6.05. The molecule has 0 bridgehead atoms. The van der Waals surface area contributed by atoms with Gasteiger partial charge in [-0.25, -0.2) is 9.97 Å². The highest BCUT2D eigenvalue weighted by Crippen LogP contribution is 2.26. The van der Waals surface area contributed by atoms with E-state index >= 15 is 0 Å². The second-order valence-electron chi connectivity index (χ2n) is 4.32. The molecule has 1 aliphatic heterocycles. The largest absolute Gasteiger partial charge is 0.383 e. The molecule has 5 heteroatoms. The molecule has 1 atom stereocenters. The Morgan fingerprint density at radius 2 is 2.24 bits per heavy atom. The van der Waals surface area contributed by atoms with Gasteiger partial charge in [-0.3, -0.25) is 0 Å². The molecule has 1 fully saturated rings. The molecule has 4 nitrogen and oxygen atoms in total. The first-order valence-electron chi connectivity index (χ1n) is 5.67. The molecule has 3 rings (SSSR count). The predicted molar refractivity (Wildman–Crippen MR) is 69.2 cm³/mol. The van der Waals surface area contributed by atoms with Gasteiger partial charge in [0.05, 0.1) is 5.52 Å². The van der Waals surface area contributed by atoms with Crippen molar-refractivity contribution in [1.82, 2.24) is 15.3 Å². The van der Waals surface area contributed by atoms with Crippen LogP contribution in [0.25, 0.3) is 10.9 Å². The third-order valence-corrected chi connectivity index (χ3v) is 3.37. The molecule has 2 heterocycles. The van der Waals surface area contributed by atoms with Crippen molar-refractivity contribution < 1.29 is 0 Å². The topological polar surface area (TPSA) is 63.8 Å². The second-order valence-corrected chi connectivity index (χ2v) is 4.75. The van der Waals surface area contributed by atoms with Gasteiger partial charge >= 0.3 is 0 Å². The quantitative estimate of drug-likeness (QED) is 0.810. The molecular formula is C12H13ClN4. The number of aromatic nitrogens is 2. The van der Waals surface area contributed by atoms with Crippen LogP contribution in [-0.4, -0.2) is 23.1 Å². The summed E-state index contributed by atoms with van der Waals surface area (Å²) in [5.74, 6) is 1.72. The number of hydrogen-bond acceptors (Lipinski definition) is 4. The maximum atomic E-state index is 5.97. The van der Waals surface area contributed by atoms with Crippen LogP contribution >= 0.6 is 11.6 Å². The van der Waals surface area contributed by atoms with Gasteiger partial charge in [0.15, 0.2) is 0 Å². The van der Waals surface area contributed by atoms with Crippen LogP contribution in [0.1, 0.15) is 18.2 Å². The summed E-state index contributed by atoms with van der Waals surface area (Å²) in [4.78, 5) is 8.96. The minimum atomic E-state index is 0.362. The fraction of sp³-hybridized carbons (Fsp3) is 0.333. The third kappa shape index (κ3) is 1.94. The molecule has 17 heavy (non-hydrogen) atoms. The Morgan fingerprint density at radius 3 is 3.00 bits per heavy atom. The maximum absolute atomic E-state index is 5.97. The zero-order valence-electron chi connectivity index (χ0n) is 9.28. The Labute approximate surface area is 104 Å². The van der Waals surface area contributed by atoms with Crippen LogP contribution < -0.4 is 11.1 Å². The molecule has 1 aliphatic rings. The van der Waals surface area contributed by atoms with E-state index in [1.807, 2.05) is 12.1 Å². The van der Waals surface area contributed by atoms with Crippen LogP contribution in [0.3, 0.4) is 0 Å². The summed E-state index contributed by atoms with van der Waals surface area (Å²) in [6.45, 7) is 1.94. The van der Waals surface area contributed by atoms with Crippen LogP contribution in [0.2, 0.25) is 5.02 Å². The average Bonchev–Trinajstić information content (AvgIpc) is 2.81. The van der Waals surface area contributed by atoms with E-state index in [9.17, 15) is 0 Å². The van der Waals surface area contributed by atoms with Gasteiger partial charge in [0.2, 0.25) is 0 Å². The van der Waals surface area contributed by atoms with Gasteiger partial charge in [-0.2, -0.15) is 0 Å². The van der Waals surface area contributed by atoms with Crippen molar-refractivity contribution in [2.24, 2.45) is 0 Å². The van der Waals surface area contributed by atoms with Crippen LogP contribution in [0.5, 0.6) is 0 Å². The van der Waals surface area contributed by atoms with Crippen molar-refractivity contribution >= 4 is 28.3 Å². The summed E-state index contributed by atoms with van der Waals surface area (Å²) in [5.41, 5.74) is 6.79. The third-order valence-electron chi connectivity index (χ3n) is 3.13. The first kappa shape index (κ1) is 10.7. The fourth-order valence-corrected chi connectivity index (χ4v) is 2.37. The number of anilines is 1. The Hall–Kier alpha value is -1.39. The Kier molecular flexibility index (Phi) is 2.61. The van der Waals surface area contributed by atoms with Gasteiger partial charge in [-0.05, 0) is 31.2 Å². The number of nitrogens with two attached hydrogens (primary N) is 1. The number of fused-ring (bicyclic) bond motifs is 1.